The summed E-state index contributed by atoms with van der Waals surface area (Å²) >= 11 is 3.04. The summed E-state index contributed by atoms with van der Waals surface area (Å²) in [5.74, 6) is 0.668. The topological polar surface area (TPSA) is 17.1 Å². The molecule has 0 fully saturated rings. The minimum atomic E-state index is -0.232. The van der Waals surface area contributed by atoms with E-state index in [1.807, 2.05) is 17.5 Å². The van der Waals surface area contributed by atoms with Crippen LogP contribution in [0.4, 0.5) is 4.39 Å². The quantitative estimate of drug-likeness (QED) is 0.594. The average Bonchev–Trinajstić information content (AvgIpc) is 2.85. The number of ketones is 1. The van der Waals surface area contributed by atoms with Gasteiger partial charge in [0.1, 0.15) is 5.82 Å². The van der Waals surface area contributed by atoms with Crippen LogP contribution in [0.25, 0.3) is 0 Å². The van der Waals surface area contributed by atoms with Crippen molar-refractivity contribution in [2.24, 2.45) is 0 Å². The molecule has 0 N–H and O–H groups in total. The molecule has 0 aliphatic rings. The number of thiophene rings is 1. The lowest BCUT2D eigenvalue weighted by Gasteiger charge is -2.00. The van der Waals surface area contributed by atoms with E-state index in [9.17, 15) is 9.18 Å². The molecule has 0 aliphatic heterocycles. The number of Topliss-reactive ketones (excluding diaryl/α,β-unsaturated/α-hetero) is 1. The fraction of sp³-hybridized carbons (Fsp3) is 0.154. The molecule has 0 aliphatic carbocycles. The van der Waals surface area contributed by atoms with Crippen molar-refractivity contribution in [1.82, 2.24) is 0 Å². The molecular weight excluding hydrogens is 255 g/mol. The Morgan fingerprint density at radius 1 is 1.24 bits per heavy atom. The van der Waals surface area contributed by atoms with Gasteiger partial charge in [-0.2, -0.15) is 0 Å². The highest BCUT2D eigenvalue weighted by molar-refractivity contribution is 7.99. The first kappa shape index (κ1) is 12.3. The van der Waals surface area contributed by atoms with Gasteiger partial charge in [-0.05, 0) is 35.7 Å². The molecule has 2 rings (SSSR count). The number of benzene rings is 1. The van der Waals surface area contributed by atoms with Crippen molar-refractivity contribution < 1.29 is 9.18 Å². The Hall–Kier alpha value is -1.13. The first-order chi connectivity index (χ1) is 8.25. The number of halogens is 1. The second-order valence-corrected chi connectivity index (χ2v) is 5.57. The fourth-order valence-corrected chi connectivity index (χ4v) is 2.90. The fourth-order valence-electron chi connectivity index (χ4n) is 1.35. The summed E-state index contributed by atoms with van der Waals surface area (Å²) in [5.41, 5.74) is 0. The predicted octanol–water partition coefficient (Wildman–Crippen LogP) is 4.25. The van der Waals surface area contributed by atoms with Gasteiger partial charge in [0.15, 0.2) is 5.78 Å². The molecule has 4 heteroatoms. The van der Waals surface area contributed by atoms with Gasteiger partial charge in [-0.3, -0.25) is 4.79 Å². The first-order valence-electron chi connectivity index (χ1n) is 5.21. The second-order valence-electron chi connectivity index (χ2n) is 3.45. The van der Waals surface area contributed by atoms with Gasteiger partial charge >= 0.3 is 0 Å². The number of carbonyl (C=O) groups is 1. The van der Waals surface area contributed by atoms with E-state index < -0.39 is 0 Å². The van der Waals surface area contributed by atoms with Gasteiger partial charge in [-0.15, -0.1) is 23.1 Å². The monoisotopic (exact) mass is 266 g/mol. The molecular formula is C13H11FOS2. The Morgan fingerprint density at radius 2 is 2.00 bits per heavy atom. The Morgan fingerprint density at radius 3 is 2.65 bits per heavy atom. The van der Waals surface area contributed by atoms with E-state index in [0.29, 0.717) is 6.42 Å². The molecule has 0 bridgehead atoms. The van der Waals surface area contributed by atoms with Crippen LogP contribution in [0, 0.1) is 5.82 Å². The lowest BCUT2D eigenvalue weighted by atomic mass is 10.3. The van der Waals surface area contributed by atoms with Crippen LogP contribution in [-0.2, 0) is 0 Å². The first-order valence-corrected chi connectivity index (χ1v) is 7.07. The molecule has 0 unspecified atom stereocenters. The maximum absolute atomic E-state index is 12.7. The van der Waals surface area contributed by atoms with Crippen molar-refractivity contribution in [3.63, 3.8) is 0 Å². The molecule has 2 aromatic rings. The van der Waals surface area contributed by atoms with E-state index in [4.69, 9.17) is 0 Å². The summed E-state index contributed by atoms with van der Waals surface area (Å²) in [5, 5.41) is 1.90. The van der Waals surface area contributed by atoms with Gasteiger partial charge in [0.25, 0.3) is 0 Å². The molecule has 0 saturated heterocycles. The van der Waals surface area contributed by atoms with Gasteiger partial charge in [-0.1, -0.05) is 6.07 Å². The van der Waals surface area contributed by atoms with E-state index in [1.54, 1.807) is 23.9 Å². The van der Waals surface area contributed by atoms with Crippen LogP contribution in [-0.4, -0.2) is 11.5 Å². The molecule has 17 heavy (non-hydrogen) atoms. The van der Waals surface area contributed by atoms with Crippen LogP contribution in [0.1, 0.15) is 16.1 Å². The third-order valence-electron chi connectivity index (χ3n) is 2.21. The van der Waals surface area contributed by atoms with Crippen molar-refractivity contribution in [2.45, 2.75) is 11.3 Å². The molecule has 0 amide bonds. The van der Waals surface area contributed by atoms with Crippen LogP contribution >= 0.6 is 23.1 Å². The van der Waals surface area contributed by atoms with Crippen LogP contribution in [0.15, 0.2) is 46.7 Å². The van der Waals surface area contributed by atoms with Gasteiger partial charge < -0.3 is 0 Å². The Kier molecular flexibility index (Phi) is 4.34. The lowest BCUT2D eigenvalue weighted by molar-refractivity contribution is 0.0993. The third-order valence-corrected chi connectivity index (χ3v) is 4.13. The van der Waals surface area contributed by atoms with Crippen LogP contribution in [0.2, 0.25) is 0 Å². The molecule has 1 aromatic heterocycles. The molecule has 1 heterocycles. The molecule has 0 radical (unpaired) electrons. The molecule has 0 spiro atoms. The van der Waals surface area contributed by atoms with Gasteiger partial charge in [0.2, 0.25) is 0 Å². The molecule has 1 aromatic carbocycles. The summed E-state index contributed by atoms with van der Waals surface area (Å²) in [7, 11) is 0. The van der Waals surface area contributed by atoms with E-state index in [1.165, 1.54) is 23.5 Å². The van der Waals surface area contributed by atoms with Crippen molar-refractivity contribution in [3.05, 3.63) is 52.5 Å². The standard InChI is InChI=1S/C13H11FOS2/c14-10-3-5-11(6-4-10)16-9-7-12(15)13-2-1-8-17-13/h1-6,8H,7,9H2. The lowest BCUT2D eigenvalue weighted by Crippen LogP contribution is -1.97. The third kappa shape index (κ3) is 3.68. The maximum atomic E-state index is 12.7. The summed E-state index contributed by atoms with van der Waals surface area (Å²) in [6, 6.07) is 10.1. The summed E-state index contributed by atoms with van der Waals surface area (Å²) in [4.78, 5) is 13.5. The predicted molar refractivity (Wildman–Crippen MR) is 70.4 cm³/mol. The Labute approximate surface area is 108 Å². The summed E-state index contributed by atoms with van der Waals surface area (Å²) < 4.78 is 12.7. The van der Waals surface area contributed by atoms with E-state index in [2.05, 4.69) is 0 Å². The van der Waals surface area contributed by atoms with Crippen LogP contribution in [0.3, 0.4) is 0 Å². The number of thioether (sulfide) groups is 1. The average molecular weight is 266 g/mol. The minimum absolute atomic E-state index is 0.176. The largest absolute Gasteiger partial charge is 0.293 e. The highest BCUT2D eigenvalue weighted by Gasteiger charge is 2.06. The summed E-state index contributed by atoms with van der Waals surface area (Å²) in [6.07, 6.45) is 0.516. The van der Waals surface area contributed by atoms with Crippen molar-refractivity contribution in [3.8, 4) is 0 Å². The number of hydrogen-bond acceptors (Lipinski definition) is 3. The maximum Gasteiger partial charge on any atom is 0.173 e. The minimum Gasteiger partial charge on any atom is -0.293 e. The smallest absolute Gasteiger partial charge is 0.173 e. The highest BCUT2D eigenvalue weighted by atomic mass is 32.2. The van der Waals surface area contributed by atoms with Crippen molar-refractivity contribution in [2.75, 3.05) is 5.75 Å². The van der Waals surface area contributed by atoms with Crippen LogP contribution < -0.4 is 0 Å². The number of rotatable bonds is 5. The number of carbonyl (C=O) groups excluding carboxylic acids is 1. The second kappa shape index (κ2) is 5.98. The van der Waals surface area contributed by atoms with Crippen LogP contribution in [0.5, 0.6) is 0 Å². The molecule has 88 valence electrons. The zero-order valence-corrected chi connectivity index (χ0v) is 10.7. The Balaban J connectivity index is 1.80. The van der Waals surface area contributed by atoms with Gasteiger partial charge in [-0.25, -0.2) is 4.39 Å². The zero-order chi connectivity index (χ0) is 12.1. The van der Waals surface area contributed by atoms with Crippen molar-refractivity contribution in [1.29, 1.82) is 0 Å². The molecule has 1 nitrogen and oxygen atoms in total. The highest BCUT2D eigenvalue weighted by Crippen LogP contribution is 2.20. The van der Waals surface area contributed by atoms with Gasteiger partial charge in [0.05, 0.1) is 4.88 Å². The summed E-state index contributed by atoms with van der Waals surface area (Å²) in [6.45, 7) is 0. The van der Waals surface area contributed by atoms with E-state index >= 15 is 0 Å². The van der Waals surface area contributed by atoms with Crippen molar-refractivity contribution >= 4 is 28.9 Å². The molecule has 0 atom stereocenters. The molecule has 0 saturated carbocycles. The number of hydrogen-bond donors (Lipinski definition) is 0. The SMILES string of the molecule is O=C(CCSc1ccc(F)cc1)c1cccs1. The van der Waals surface area contributed by atoms with E-state index in [-0.39, 0.29) is 11.6 Å². The Bertz CT molecular complexity index is 477. The van der Waals surface area contributed by atoms with E-state index in [0.717, 1.165) is 15.5 Å². The normalized spacial score (nSPS) is 10.4. The van der Waals surface area contributed by atoms with Gasteiger partial charge in [0, 0.05) is 17.1 Å². The zero-order valence-electron chi connectivity index (χ0n) is 9.06.